The molecule has 5 nitrogen and oxygen atoms in total. The molecule has 2 N–H and O–H groups in total. The number of hydrogen-bond acceptors (Lipinski definition) is 4. The van der Waals surface area contributed by atoms with Crippen LogP contribution in [0.15, 0.2) is 64.2 Å². The fraction of sp³-hybridized carbons (Fsp3) is 0. The third kappa shape index (κ3) is 2.54. The number of halogens is 1. The second-order valence-electron chi connectivity index (χ2n) is 4.54. The normalized spacial score (nSPS) is 11.6. The van der Waals surface area contributed by atoms with Crippen molar-refractivity contribution in [2.45, 2.75) is 0 Å². The van der Waals surface area contributed by atoms with Crippen LogP contribution in [0, 0.1) is 5.82 Å². The Morgan fingerprint density at radius 3 is 2.64 bits per heavy atom. The van der Waals surface area contributed by atoms with Gasteiger partial charge in [-0.2, -0.15) is 0 Å². The van der Waals surface area contributed by atoms with Gasteiger partial charge in [0.15, 0.2) is 0 Å². The molecular formula is C16H11FN2O3. The van der Waals surface area contributed by atoms with Crippen molar-refractivity contribution < 1.29 is 18.8 Å². The average molecular weight is 298 g/mol. The first-order valence-electron chi connectivity index (χ1n) is 6.46. The summed E-state index contributed by atoms with van der Waals surface area (Å²) in [6, 6.07) is 14.3. The molecule has 1 heterocycles. The van der Waals surface area contributed by atoms with Gasteiger partial charge in [0, 0.05) is 5.39 Å². The van der Waals surface area contributed by atoms with Gasteiger partial charge in [0.05, 0.1) is 5.69 Å². The highest BCUT2D eigenvalue weighted by molar-refractivity contribution is 6.05. The standard InChI is InChI=1S/C16H11FN2O3/c17-12-6-2-3-7-13(12)18-15(20)11-9-10-5-1-4-8-14(10)22-16(11)19-21/h1-9,21H,(H,18,20)/b19-16-. The Morgan fingerprint density at radius 2 is 1.86 bits per heavy atom. The van der Waals surface area contributed by atoms with Crippen molar-refractivity contribution in [2.24, 2.45) is 5.16 Å². The fourth-order valence-corrected chi connectivity index (χ4v) is 2.06. The summed E-state index contributed by atoms with van der Waals surface area (Å²) in [6.07, 6.45) is 0. The molecule has 0 saturated carbocycles. The van der Waals surface area contributed by atoms with Crippen molar-refractivity contribution >= 4 is 22.6 Å². The molecule has 22 heavy (non-hydrogen) atoms. The van der Waals surface area contributed by atoms with Crippen LogP contribution < -0.4 is 10.9 Å². The van der Waals surface area contributed by atoms with Gasteiger partial charge >= 0.3 is 0 Å². The smallest absolute Gasteiger partial charge is 0.268 e. The van der Waals surface area contributed by atoms with E-state index in [4.69, 9.17) is 9.62 Å². The van der Waals surface area contributed by atoms with Gasteiger partial charge in [-0.1, -0.05) is 30.3 Å². The number of nitrogens with one attached hydrogen (secondary N) is 1. The number of anilines is 1. The minimum absolute atomic E-state index is 0.00412. The Hall–Kier alpha value is -3.15. The van der Waals surface area contributed by atoms with Crippen molar-refractivity contribution in [3.63, 3.8) is 0 Å². The predicted octanol–water partition coefficient (Wildman–Crippen LogP) is 3.11. The average Bonchev–Trinajstić information content (AvgIpc) is 2.55. The van der Waals surface area contributed by atoms with Crippen LogP contribution in [0.1, 0.15) is 10.4 Å². The summed E-state index contributed by atoms with van der Waals surface area (Å²) in [7, 11) is 0. The topological polar surface area (TPSA) is 74.8 Å². The lowest BCUT2D eigenvalue weighted by molar-refractivity contribution is 0.102. The quantitative estimate of drug-likeness (QED) is 0.564. The van der Waals surface area contributed by atoms with Crippen LogP contribution in [0.3, 0.4) is 0 Å². The molecule has 3 rings (SSSR count). The molecule has 0 atom stereocenters. The maximum atomic E-state index is 13.6. The second-order valence-corrected chi connectivity index (χ2v) is 4.54. The number of amides is 1. The van der Waals surface area contributed by atoms with Crippen LogP contribution in [-0.4, -0.2) is 11.1 Å². The van der Waals surface area contributed by atoms with Crippen LogP contribution in [0.4, 0.5) is 10.1 Å². The van der Waals surface area contributed by atoms with Crippen molar-refractivity contribution in [3.8, 4) is 0 Å². The maximum absolute atomic E-state index is 13.6. The summed E-state index contributed by atoms with van der Waals surface area (Å²) in [6.45, 7) is 0. The first-order valence-corrected chi connectivity index (χ1v) is 6.46. The zero-order valence-corrected chi connectivity index (χ0v) is 11.3. The highest BCUT2D eigenvalue weighted by atomic mass is 19.1. The van der Waals surface area contributed by atoms with Gasteiger partial charge in [-0.3, -0.25) is 4.79 Å². The van der Waals surface area contributed by atoms with E-state index in [1.807, 2.05) is 0 Å². The summed E-state index contributed by atoms with van der Waals surface area (Å²) in [4.78, 5) is 12.3. The Kier molecular flexibility index (Phi) is 3.57. The summed E-state index contributed by atoms with van der Waals surface area (Å²) < 4.78 is 19.0. The summed E-state index contributed by atoms with van der Waals surface area (Å²) >= 11 is 0. The van der Waals surface area contributed by atoms with Crippen molar-refractivity contribution in [2.75, 3.05) is 5.32 Å². The van der Waals surface area contributed by atoms with Gasteiger partial charge in [-0.15, -0.1) is 0 Å². The SMILES string of the molecule is O=C(Nc1ccccc1F)c1cc2ccccc2o/c1=N\O. The molecule has 0 aliphatic rings. The van der Waals surface area contributed by atoms with E-state index in [-0.39, 0.29) is 16.8 Å². The number of benzene rings is 2. The highest BCUT2D eigenvalue weighted by Crippen LogP contribution is 2.16. The van der Waals surface area contributed by atoms with Crippen LogP contribution >= 0.6 is 0 Å². The van der Waals surface area contributed by atoms with E-state index in [2.05, 4.69) is 10.5 Å². The lowest BCUT2D eigenvalue weighted by atomic mass is 10.1. The van der Waals surface area contributed by atoms with E-state index in [0.717, 1.165) is 0 Å². The number of carbonyl (C=O) groups is 1. The van der Waals surface area contributed by atoms with Gasteiger partial charge in [-0.25, -0.2) is 4.39 Å². The first kappa shape index (κ1) is 13.8. The lowest BCUT2D eigenvalue weighted by Crippen LogP contribution is -2.22. The van der Waals surface area contributed by atoms with Crippen LogP contribution in [0.2, 0.25) is 0 Å². The van der Waals surface area contributed by atoms with Gasteiger partial charge in [0.2, 0.25) is 0 Å². The fourth-order valence-electron chi connectivity index (χ4n) is 2.06. The monoisotopic (exact) mass is 298 g/mol. The summed E-state index contributed by atoms with van der Waals surface area (Å²) in [5.74, 6) is -1.19. The molecule has 1 aromatic heterocycles. The molecule has 0 aliphatic heterocycles. The molecule has 0 radical (unpaired) electrons. The molecule has 2 aromatic carbocycles. The van der Waals surface area contributed by atoms with Crippen molar-refractivity contribution in [1.82, 2.24) is 0 Å². The molecule has 1 amide bonds. The highest BCUT2D eigenvalue weighted by Gasteiger charge is 2.14. The molecule has 0 aliphatic carbocycles. The summed E-state index contributed by atoms with van der Waals surface area (Å²) in [5, 5.41) is 15.1. The van der Waals surface area contributed by atoms with E-state index in [1.165, 1.54) is 24.3 Å². The number of fused-ring (bicyclic) bond motifs is 1. The Morgan fingerprint density at radius 1 is 1.14 bits per heavy atom. The Labute approximate surface area is 124 Å². The number of nitrogens with zero attached hydrogens (tertiary/aromatic N) is 1. The zero-order valence-electron chi connectivity index (χ0n) is 11.3. The third-order valence-corrected chi connectivity index (χ3v) is 3.11. The minimum atomic E-state index is -0.632. The molecule has 3 aromatic rings. The maximum Gasteiger partial charge on any atom is 0.268 e. The Balaban J connectivity index is 2.05. The van der Waals surface area contributed by atoms with E-state index < -0.39 is 11.7 Å². The van der Waals surface area contributed by atoms with Crippen LogP contribution in [0.5, 0.6) is 0 Å². The van der Waals surface area contributed by atoms with E-state index >= 15 is 0 Å². The molecule has 0 unspecified atom stereocenters. The van der Waals surface area contributed by atoms with E-state index in [1.54, 1.807) is 30.3 Å². The molecule has 110 valence electrons. The molecule has 0 bridgehead atoms. The van der Waals surface area contributed by atoms with Gasteiger partial charge < -0.3 is 14.9 Å². The van der Waals surface area contributed by atoms with E-state index in [0.29, 0.717) is 11.0 Å². The Bertz CT molecular complexity index is 918. The van der Waals surface area contributed by atoms with Crippen LogP contribution in [0.25, 0.3) is 11.0 Å². The number of rotatable bonds is 2. The number of hydrogen-bond donors (Lipinski definition) is 2. The second kappa shape index (κ2) is 5.69. The van der Waals surface area contributed by atoms with Crippen molar-refractivity contribution in [3.05, 3.63) is 71.5 Å². The van der Waals surface area contributed by atoms with Crippen molar-refractivity contribution in [1.29, 1.82) is 0 Å². The largest absolute Gasteiger partial charge is 0.435 e. The predicted molar refractivity (Wildman–Crippen MR) is 77.9 cm³/mol. The molecule has 0 spiro atoms. The van der Waals surface area contributed by atoms with E-state index in [9.17, 15) is 9.18 Å². The van der Waals surface area contributed by atoms with Gasteiger partial charge in [-0.05, 0) is 29.4 Å². The third-order valence-electron chi connectivity index (χ3n) is 3.11. The minimum Gasteiger partial charge on any atom is -0.435 e. The molecule has 0 saturated heterocycles. The zero-order chi connectivity index (χ0) is 15.5. The molecule has 0 fully saturated rings. The summed E-state index contributed by atoms with van der Waals surface area (Å²) in [5.41, 5.74) is 0.263. The lowest BCUT2D eigenvalue weighted by Gasteiger charge is -2.07. The molecule has 6 heteroatoms. The van der Waals surface area contributed by atoms with Crippen LogP contribution in [-0.2, 0) is 0 Å². The first-order chi connectivity index (χ1) is 10.7. The number of carbonyl (C=O) groups excluding carboxylic acids is 1. The molecular weight excluding hydrogens is 287 g/mol. The van der Waals surface area contributed by atoms with Gasteiger partial charge in [0.25, 0.3) is 11.5 Å². The number of para-hydroxylation sites is 2. The van der Waals surface area contributed by atoms with Gasteiger partial charge in [0.1, 0.15) is 17.0 Å².